The van der Waals surface area contributed by atoms with Gasteiger partial charge in [0.05, 0.1) is 59.5 Å². The van der Waals surface area contributed by atoms with Gasteiger partial charge in [-0.05, 0) is 20.8 Å². The van der Waals surface area contributed by atoms with E-state index in [1.54, 1.807) is 21.3 Å². The zero-order valence-electron chi connectivity index (χ0n) is 21.6. The fourth-order valence-electron chi connectivity index (χ4n) is 2.27. The number of rotatable bonds is 27. The quantitative estimate of drug-likeness (QED) is 0.0900. The Morgan fingerprint density at radius 2 is 0.765 bits per heavy atom. The molecule has 0 radical (unpaired) electrons. The lowest BCUT2D eigenvalue weighted by Gasteiger charge is -2.19. The summed E-state index contributed by atoms with van der Waals surface area (Å²) in [5.74, 6) is 0. The van der Waals surface area contributed by atoms with Crippen molar-refractivity contribution in [1.29, 1.82) is 0 Å². The monoisotopic (exact) mass is 520 g/mol. The smallest absolute Gasteiger partial charge is 0.332 e. The van der Waals surface area contributed by atoms with Crippen LogP contribution in [0.1, 0.15) is 20.8 Å². The minimum atomic E-state index is -1.61. The first-order valence-electron chi connectivity index (χ1n) is 11.5. The van der Waals surface area contributed by atoms with E-state index in [-0.39, 0.29) is 19.8 Å². The molecule has 0 amide bonds. The van der Waals surface area contributed by atoms with Gasteiger partial charge in [0.25, 0.3) is 0 Å². The van der Waals surface area contributed by atoms with Crippen LogP contribution in [0.25, 0.3) is 0 Å². The predicted molar refractivity (Wildman–Crippen MR) is 125 cm³/mol. The molecule has 12 nitrogen and oxygen atoms in total. The molecule has 0 aromatic rings. The maximum Gasteiger partial charge on any atom is 0.332 e. The molecule has 13 heteroatoms. The molecule has 0 aromatic carbocycles. The second kappa shape index (κ2) is 26.0. The molecule has 206 valence electrons. The van der Waals surface area contributed by atoms with Gasteiger partial charge in [0, 0.05) is 41.2 Å². The lowest BCUT2D eigenvalue weighted by molar-refractivity contribution is -0.156. The standard InChI is InChI=1S/C21H45O12P/c1-7-28-19(22-4)16-25-10-13-31-34(32-14-11-26-17-20(23-5)29-8-2)33-15-12-27-18-21(24-6)30-9-3/h19-21H,7-18H2,1-6H3. The molecule has 0 fully saturated rings. The van der Waals surface area contributed by atoms with Crippen molar-refractivity contribution >= 4 is 8.60 Å². The number of methoxy groups -OCH3 is 3. The van der Waals surface area contributed by atoms with Crippen LogP contribution >= 0.6 is 8.60 Å². The van der Waals surface area contributed by atoms with E-state index in [2.05, 4.69) is 0 Å². The largest absolute Gasteiger partial charge is 0.374 e. The van der Waals surface area contributed by atoms with Crippen LogP contribution in [0.15, 0.2) is 0 Å². The molecule has 0 aliphatic carbocycles. The Morgan fingerprint density at radius 1 is 0.471 bits per heavy atom. The van der Waals surface area contributed by atoms with E-state index in [0.29, 0.717) is 59.5 Å². The second-order valence-electron chi connectivity index (χ2n) is 6.31. The third kappa shape index (κ3) is 20.2. The van der Waals surface area contributed by atoms with Crippen LogP contribution < -0.4 is 0 Å². The molecular formula is C21H45O12P. The van der Waals surface area contributed by atoms with Crippen LogP contribution in [0.2, 0.25) is 0 Å². The summed E-state index contributed by atoms with van der Waals surface area (Å²) < 4.78 is 65.2. The Bertz CT molecular complexity index is 353. The third-order valence-electron chi connectivity index (χ3n) is 3.88. The van der Waals surface area contributed by atoms with E-state index >= 15 is 0 Å². The van der Waals surface area contributed by atoms with E-state index in [1.807, 2.05) is 20.8 Å². The molecule has 0 rings (SSSR count). The number of ether oxygens (including phenoxy) is 9. The number of hydrogen-bond donors (Lipinski definition) is 0. The average Bonchev–Trinajstić information content (AvgIpc) is 2.85. The molecule has 0 aliphatic rings. The summed E-state index contributed by atoms with van der Waals surface area (Å²) >= 11 is 0. The lowest BCUT2D eigenvalue weighted by atomic mass is 10.6. The van der Waals surface area contributed by atoms with Gasteiger partial charge in [-0.15, -0.1) is 0 Å². The van der Waals surface area contributed by atoms with Gasteiger partial charge in [0.15, 0.2) is 18.9 Å². The van der Waals surface area contributed by atoms with Gasteiger partial charge in [0.2, 0.25) is 0 Å². The molecule has 0 saturated carbocycles. The van der Waals surface area contributed by atoms with E-state index < -0.39 is 27.5 Å². The number of hydrogen-bond acceptors (Lipinski definition) is 12. The molecular weight excluding hydrogens is 475 g/mol. The highest BCUT2D eigenvalue weighted by atomic mass is 31.2. The summed E-state index contributed by atoms with van der Waals surface area (Å²) in [6.45, 7) is 10.0. The van der Waals surface area contributed by atoms with Crippen molar-refractivity contribution in [2.75, 3.05) is 101 Å². The SMILES string of the molecule is CCOC(COCCOP(OCCOCC(OC)OCC)OCCOCC(OC)OCC)OC. The van der Waals surface area contributed by atoms with Gasteiger partial charge in [-0.2, -0.15) is 0 Å². The summed E-state index contributed by atoms with van der Waals surface area (Å²) in [4.78, 5) is 0. The second-order valence-corrected chi connectivity index (χ2v) is 7.53. The highest BCUT2D eigenvalue weighted by molar-refractivity contribution is 7.41. The van der Waals surface area contributed by atoms with Crippen LogP contribution in [0.5, 0.6) is 0 Å². The van der Waals surface area contributed by atoms with E-state index in [0.717, 1.165) is 0 Å². The molecule has 0 aromatic heterocycles. The average molecular weight is 521 g/mol. The Kier molecular flexibility index (Phi) is 26.0. The molecule has 0 bridgehead atoms. The van der Waals surface area contributed by atoms with Gasteiger partial charge in [0.1, 0.15) is 0 Å². The topological polar surface area (TPSA) is 111 Å². The van der Waals surface area contributed by atoms with Gasteiger partial charge >= 0.3 is 8.60 Å². The van der Waals surface area contributed by atoms with Gasteiger partial charge in [-0.25, -0.2) is 0 Å². The van der Waals surface area contributed by atoms with Crippen molar-refractivity contribution in [3.05, 3.63) is 0 Å². The predicted octanol–water partition coefficient (Wildman–Crippen LogP) is 2.34. The molecule has 0 spiro atoms. The summed E-state index contributed by atoms with van der Waals surface area (Å²) in [5.41, 5.74) is 0. The maximum atomic E-state index is 5.70. The van der Waals surface area contributed by atoms with E-state index in [9.17, 15) is 0 Å². The fourth-order valence-corrected chi connectivity index (χ4v) is 3.17. The molecule has 0 heterocycles. The molecule has 34 heavy (non-hydrogen) atoms. The summed E-state index contributed by atoms with van der Waals surface area (Å²) in [6, 6.07) is 0. The first kappa shape index (κ1) is 34.0. The van der Waals surface area contributed by atoms with Crippen LogP contribution in [0, 0.1) is 0 Å². The van der Waals surface area contributed by atoms with Crippen molar-refractivity contribution in [3.8, 4) is 0 Å². The summed E-state index contributed by atoms with van der Waals surface area (Å²) in [7, 11) is 3.09. The van der Waals surface area contributed by atoms with Crippen molar-refractivity contribution in [3.63, 3.8) is 0 Å². The molecule has 3 unspecified atom stereocenters. The summed E-state index contributed by atoms with van der Waals surface area (Å²) in [6.07, 6.45) is -1.23. The van der Waals surface area contributed by atoms with Crippen molar-refractivity contribution in [2.45, 2.75) is 39.6 Å². The van der Waals surface area contributed by atoms with Crippen LogP contribution in [0.4, 0.5) is 0 Å². The van der Waals surface area contributed by atoms with E-state index in [4.69, 9.17) is 56.2 Å². The van der Waals surface area contributed by atoms with Crippen LogP contribution in [0.3, 0.4) is 0 Å². The fraction of sp³-hybridized carbons (Fsp3) is 1.00. The highest BCUT2D eigenvalue weighted by Gasteiger charge is 2.15. The Balaban J connectivity index is 4.24. The first-order valence-corrected chi connectivity index (χ1v) is 12.6. The van der Waals surface area contributed by atoms with Crippen LogP contribution in [-0.2, 0) is 56.2 Å². The minimum Gasteiger partial charge on any atom is -0.374 e. The third-order valence-corrected chi connectivity index (χ3v) is 5.06. The Labute approximate surface area is 205 Å². The molecule has 0 N–H and O–H groups in total. The zero-order chi connectivity index (χ0) is 25.3. The van der Waals surface area contributed by atoms with Crippen molar-refractivity contribution in [2.24, 2.45) is 0 Å². The Morgan fingerprint density at radius 3 is 1.00 bits per heavy atom. The first-order chi connectivity index (χ1) is 16.6. The van der Waals surface area contributed by atoms with Gasteiger partial charge in [-0.3, -0.25) is 0 Å². The van der Waals surface area contributed by atoms with Crippen molar-refractivity contribution in [1.82, 2.24) is 0 Å². The normalized spacial score (nSPS) is 15.4. The lowest BCUT2D eigenvalue weighted by Crippen LogP contribution is -2.23. The molecule has 0 saturated heterocycles. The maximum absolute atomic E-state index is 5.70. The van der Waals surface area contributed by atoms with Crippen LogP contribution in [-0.4, -0.2) is 119 Å². The zero-order valence-corrected chi connectivity index (χ0v) is 22.5. The highest BCUT2D eigenvalue weighted by Crippen LogP contribution is 2.39. The van der Waals surface area contributed by atoms with Crippen molar-refractivity contribution < 1.29 is 56.2 Å². The summed E-state index contributed by atoms with van der Waals surface area (Å²) in [5, 5.41) is 0. The minimum absolute atomic E-state index is 0.280. The molecule has 0 aliphatic heterocycles. The van der Waals surface area contributed by atoms with Gasteiger partial charge in [-0.1, -0.05) is 0 Å². The molecule has 3 atom stereocenters. The Hall–Kier alpha value is -0.0500. The van der Waals surface area contributed by atoms with E-state index in [1.165, 1.54) is 0 Å². The van der Waals surface area contributed by atoms with Gasteiger partial charge < -0.3 is 56.2 Å².